The summed E-state index contributed by atoms with van der Waals surface area (Å²) in [5.74, 6) is 0. The molecule has 1 unspecified atom stereocenters. The molecule has 1 aromatic rings. The van der Waals surface area contributed by atoms with Crippen LogP contribution in [0.2, 0.25) is 0 Å². The van der Waals surface area contributed by atoms with E-state index in [1.807, 2.05) is 6.20 Å². The summed E-state index contributed by atoms with van der Waals surface area (Å²) in [6.45, 7) is 6.39. The van der Waals surface area contributed by atoms with E-state index in [0.29, 0.717) is 6.42 Å². The molecule has 112 valence electrons. The lowest BCUT2D eigenvalue weighted by Crippen LogP contribution is -2.55. The summed E-state index contributed by atoms with van der Waals surface area (Å²) in [5.41, 5.74) is 1.07. The van der Waals surface area contributed by atoms with Gasteiger partial charge in [0.2, 0.25) is 0 Å². The van der Waals surface area contributed by atoms with Crippen LogP contribution in [0, 0.1) is 0 Å². The molecule has 1 saturated carbocycles. The first-order valence-electron chi connectivity index (χ1n) is 7.65. The molecule has 1 aromatic heterocycles. The summed E-state index contributed by atoms with van der Waals surface area (Å²) in [7, 11) is 0. The number of halogens is 1. The zero-order valence-corrected chi connectivity index (χ0v) is 14.1. The van der Waals surface area contributed by atoms with E-state index < -0.39 is 0 Å². The third-order valence-corrected chi connectivity index (χ3v) is 5.11. The summed E-state index contributed by atoms with van der Waals surface area (Å²) in [6.07, 6.45) is 8.68. The maximum Gasteiger partial charge on any atom is 0.0764 e. The Morgan fingerprint density at radius 2 is 1.95 bits per heavy atom. The maximum absolute atomic E-state index is 10.9. The second-order valence-electron chi connectivity index (χ2n) is 5.71. The average Bonchev–Trinajstić information content (AvgIpc) is 2.91. The molecular formula is C16H25BrN2O. The Bertz CT molecular complexity index is 428. The van der Waals surface area contributed by atoms with Crippen LogP contribution < -0.4 is 0 Å². The molecule has 1 aliphatic carbocycles. The monoisotopic (exact) mass is 340 g/mol. The van der Waals surface area contributed by atoms with Gasteiger partial charge in [-0.1, -0.05) is 26.7 Å². The van der Waals surface area contributed by atoms with Gasteiger partial charge in [-0.25, -0.2) is 0 Å². The van der Waals surface area contributed by atoms with Gasteiger partial charge in [0.15, 0.2) is 0 Å². The molecule has 0 bridgehead atoms. The lowest BCUT2D eigenvalue weighted by molar-refractivity contribution is -0.0245. The first-order chi connectivity index (χ1) is 9.62. The van der Waals surface area contributed by atoms with Crippen LogP contribution in [0.15, 0.2) is 22.9 Å². The molecule has 0 spiro atoms. The van der Waals surface area contributed by atoms with Crippen molar-refractivity contribution in [2.75, 3.05) is 13.1 Å². The smallest absolute Gasteiger partial charge is 0.0764 e. The van der Waals surface area contributed by atoms with E-state index >= 15 is 0 Å². The molecule has 4 heteroatoms. The molecule has 0 aromatic carbocycles. The average molecular weight is 341 g/mol. The Hall–Kier alpha value is -0.450. The topological polar surface area (TPSA) is 36.4 Å². The van der Waals surface area contributed by atoms with Gasteiger partial charge in [0.05, 0.1) is 6.10 Å². The number of likely N-dealkylation sites (N-methyl/N-ethyl adjacent to an activating group) is 1. The van der Waals surface area contributed by atoms with Gasteiger partial charge in [-0.05, 0) is 53.5 Å². The zero-order chi connectivity index (χ0) is 14.6. The second-order valence-corrected chi connectivity index (χ2v) is 6.63. The van der Waals surface area contributed by atoms with E-state index in [-0.39, 0.29) is 11.6 Å². The predicted octanol–water partition coefficient (Wildman–Crippen LogP) is 3.40. The fourth-order valence-electron chi connectivity index (χ4n) is 3.68. The Morgan fingerprint density at radius 1 is 1.30 bits per heavy atom. The number of rotatable bonds is 6. The van der Waals surface area contributed by atoms with Gasteiger partial charge < -0.3 is 5.11 Å². The van der Waals surface area contributed by atoms with Gasteiger partial charge in [-0.3, -0.25) is 9.88 Å². The highest BCUT2D eigenvalue weighted by Gasteiger charge is 2.44. The number of hydrogen-bond acceptors (Lipinski definition) is 3. The van der Waals surface area contributed by atoms with Gasteiger partial charge in [-0.15, -0.1) is 0 Å². The van der Waals surface area contributed by atoms with Crippen LogP contribution in [-0.2, 0) is 6.42 Å². The molecule has 0 saturated heterocycles. The maximum atomic E-state index is 10.9. The molecule has 0 aliphatic heterocycles. The second kappa shape index (κ2) is 7.01. The van der Waals surface area contributed by atoms with Crippen LogP contribution in [0.1, 0.15) is 45.1 Å². The van der Waals surface area contributed by atoms with Gasteiger partial charge in [0.25, 0.3) is 0 Å². The fraction of sp³-hybridized carbons (Fsp3) is 0.688. The van der Waals surface area contributed by atoms with Crippen LogP contribution in [-0.4, -0.2) is 39.7 Å². The first kappa shape index (κ1) is 15.9. The van der Waals surface area contributed by atoms with Crippen molar-refractivity contribution in [2.45, 2.75) is 57.6 Å². The molecular weight excluding hydrogens is 316 g/mol. The standard InChI is InChI=1S/C16H25BrN2O/c1-3-19(4-2)16(7-5-6-8-16)15(20)10-13-9-14(17)12-18-11-13/h9,11-12,15,20H,3-8,10H2,1-2H3. The quantitative estimate of drug-likeness (QED) is 0.862. The van der Waals surface area contributed by atoms with Crippen molar-refractivity contribution in [1.82, 2.24) is 9.88 Å². The van der Waals surface area contributed by atoms with Gasteiger partial charge in [0, 0.05) is 28.8 Å². The minimum atomic E-state index is -0.319. The summed E-state index contributed by atoms with van der Waals surface area (Å²) in [6, 6.07) is 2.06. The molecule has 3 nitrogen and oxygen atoms in total. The number of hydrogen-bond donors (Lipinski definition) is 1. The summed E-state index contributed by atoms with van der Waals surface area (Å²) >= 11 is 3.45. The van der Waals surface area contributed by atoms with Gasteiger partial charge in [0.1, 0.15) is 0 Å². The van der Waals surface area contributed by atoms with E-state index in [2.05, 4.69) is 45.7 Å². The van der Waals surface area contributed by atoms with Crippen molar-refractivity contribution in [2.24, 2.45) is 0 Å². The van der Waals surface area contributed by atoms with Gasteiger partial charge >= 0.3 is 0 Å². The van der Waals surface area contributed by atoms with Crippen molar-refractivity contribution in [3.05, 3.63) is 28.5 Å². The first-order valence-corrected chi connectivity index (χ1v) is 8.44. The normalized spacial score (nSPS) is 19.4. The van der Waals surface area contributed by atoms with E-state index in [1.165, 1.54) is 12.8 Å². The van der Waals surface area contributed by atoms with Crippen molar-refractivity contribution >= 4 is 15.9 Å². The highest BCUT2D eigenvalue weighted by Crippen LogP contribution is 2.39. The molecule has 1 aliphatic rings. The highest BCUT2D eigenvalue weighted by molar-refractivity contribution is 9.10. The molecule has 0 radical (unpaired) electrons. The Kier molecular flexibility index (Phi) is 5.58. The lowest BCUT2D eigenvalue weighted by Gasteiger charge is -2.44. The zero-order valence-electron chi connectivity index (χ0n) is 12.5. The predicted molar refractivity (Wildman–Crippen MR) is 85.8 cm³/mol. The van der Waals surface area contributed by atoms with E-state index in [9.17, 15) is 5.11 Å². The van der Waals surface area contributed by atoms with Crippen molar-refractivity contribution in [3.8, 4) is 0 Å². The van der Waals surface area contributed by atoms with Crippen molar-refractivity contribution in [3.63, 3.8) is 0 Å². The third-order valence-electron chi connectivity index (χ3n) is 4.67. The number of aromatic nitrogens is 1. The van der Waals surface area contributed by atoms with E-state index in [0.717, 1.165) is 36.0 Å². The third kappa shape index (κ3) is 3.23. The molecule has 1 heterocycles. The Balaban J connectivity index is 2.17. The summed E-state index contributed by atoms with van der Waals surface area (Å²) < 4.78 is 0.977. The van der Waals surface area contributed by atoms with Gasteiger partial charge in [-0.2, -0.15) is 0 Å². The molecule has 1 N–H and O–H groups in total. The number of aliphatic hydroxyl groups is 1. The SMILES string of the molecule is CCN(CC)C1(C(O)Cc2cncc(Br)c2)CCCC1. The Morgan fingerprint density at radius 3 is 2.50 bits per heavy atom. The molecule has 20 heavy (non-hydrogen) atoms. The largest absolute Gasteiger partial charge is 0.391 e. The number of aliphatic hydroxyl groups excluding tert-OH is 1. The lowest BCUT2D eigenvalue weighted by atomic mass is 9.84. The Labute approximate surface area is 130 Å². The van der Waals surface area contributed by atoms with Crippen molar-refractivity contribution < 1.29 is 5.11 Å². The van der Waals surface area contributed by atoms with Crippen LogP contribution in [0.3, 0.4) is 0 Å². The van der Waals surface area contributed by atoms with Crippen LogP contribution >= 0.6 is 15.9 Å². The van der Waals surface area contributed by atoms with Crippen molar-refractivity contribution in [1.29, 1.82) is 0 Å². The highest BCUT2D eigenvalue weighted by atomic mass is 79.9. The fourth-order valence-corrected chi connectivity index (χ4v) is 4.09. The van der Waals surface area contributed by atoms with E-state index in [4.69, 9.17) is 0 Å². The number of pyridine rings is 1. The van der Waals surface area contributed by atoms with Crippen LogP contribution in [0.4, 0.5) is 0 Å². The summed E-state index contributed by atoms with van der Waals surface area (Å²) in [5, 5.41) is 10.9. The summed E-state index contributed by atoms with van der Waals surface area (Å²) in [4.78, 5) is 6.65. The minimum absolute atomic E-state index is 0.0359. The van der Waals surface area contributed by atoms with Crippen LogP contribution in [0.5, 0.6) is 0 Å². The molecule has 1 atom stereocenters. The number of nitrogens with zero attached hydrogens (tertiary/aromatic N) is 2. The molecule has 1 fully saturated rings. The minimum Gasteiger partial charge on any atom is -0.391 e. The molecule has 0 amide bonds. The molecule has 2 rings (SSSR count). The van der Waals surface area contributed by atoms with Crippen LogP contribution in [0.25, 0.3) is 0 Å². The van der Waals surface area contributed by atoms with E-state index in [1.54, 1.807) is 6.20 Å².